The van der Waals surface area contributed by atoms with Crippen molar-refractivity contribution in [2.75, 3.05) is 0 Å². The predicted molar refractivity (Wildman–Crippen MR) is 102 cm³/mol. The zero-order valence-electron chi connectivity index (χ0n) is 13.5. The maximum Gasteiger partial charge on any atom is 0.215 e. The summed E-state index contributed by atoms with van der Waals surface area (Å²) in [6.45, 7) is 2.09. The van der Waals surface area contributed by atoms with Crippen LogP contribution in [0, 0.1) is 3.95 Å². The van der Waals surface area contributed by atoms with Crippen LogP contribution in [0.25, 0.3) is 11.8 Å². The van der Waals surface area contributed by atoms with Crippen molar-refractivity contribution in [3.05, 3.63) is 79.5 Å². The number of fused-ring (bicyclic) bond motifs is 1. The van der Waals surface area contributed by atoms with Gasteiger partial charge in [-0.1, -0.05) is 37.3 Å². The smallest absolute Gasteiger partial charge is 0.215 e. The maximum absolute atomic E-state index is 10.7. The molecule has 2 aromatic carbocycles. The average molecular weight is 365 g/mol. The Kier molecular flexibility index (Phi) is 4.07. The monoisotopic (exact) mass is 365 g/mol. The molecule has 6 heteroatoms. The van der Waals surface area contributed by atoms with Gasteiger partial charge in [-0.25, -0.2) is 9.98 Å². The van der Waals surface area contributed by atoms with Crippen LogP contribution >= 0.6 is 23.6 Å². The molecule has 0 amide bonds. The van der Waals surface area contributed by atoms with Gasteiger partial charge in [-0.3, -0.25) is 4.57 Å². The van der Waals surface area contributed by atoms with E-state index in [1.54, 1.807) is 10.6 Å². The van der Waals surface area contributed by atoms with E-state index in [-0.39, 0.29) is 5.88 Å². The van der Waals surface area contributed by atoms with Crippen molar-refractivity contribution >= 4 is 29.6 Å². The first-order chi connectivity index (χ1) is 12.2. The van der Waals surface area contributed by atoms with Crippen LogP contribution < -0.4 is 10.7 Å². The molecule has 1 aliphatic heterocycles. The van der Waals surface area contributed by atoms with E-state index in [1.165, 1.54) is 11.3 Å². The predicted octanol–water partition coefficient (Wildman–Crippen LogP) is 3.79. The number of benzene rings is 2. The standard InChI is InChI=1S/C19H15N3OS2/c1-2-12-7-3-6-10-15(12)22-18(23)16(25-19(22)24)11-17-20-13-8-4-5-9-14(13)21-17/h3-11,23H,2H2,1H3. The van der Waals surface area contributed by atoms with E-state index >= 15 is 0 Å². The normalized spacial score (nSPS) is 12.4. The molecule has 0 bridgehead atoms. The molecule has 0 aliphatic carbocycles. The number of aromatic hydroxyl groups is 1. The molecule has 0 atom stereocenters. The topological polar surface area (TPSA) is 49.9 Å². The van der Waals surface area contributed by atoms with Gasteiger partial charge in [0.2, 0.25) is 5.88 Å². The van der Waals surface area contributed by atoms with Crippen molar-refractivity contribution < 1.29 is 5.11 Å². The zero-order valence-corrected chi connectivity index (χ0v) is 15.1. The number of aryl methyl sites for hydroxylation is 1. The second kappa shape index (κ2) is 6.38. The maximum atomic E-state index is 10.7. The molecule has 0 saturated heterocycles. The Morgan fingerprint density at radius 1 is 1.08 bits per heavy atom. The summed E-state index contributed by atoms with van der Waals surface area (Å²) < 4.78 is 2.31. The molecule has 25 heavy (non-hydrogen) atoms. The van der Waals surface area contributed by atoms with E-state index in [1.807, 2.05) is 48.5 Å². The Labute approximate surface area is 153 Å². The summed E-state index contributed by atoms with van der Waals surface area (Å²) in [4.78, 5) is 9.62. The highest BCUT2D eigenvalue weighted by atomic mass is 32.1. The molecule has 1 N–H and O–H groups in total. The molecule has 1 aromatic heterocycles. The molecule has 0 saturated carbocycles. The summed E-state index contributed by atoms with van der Waals surface area (Å²) >= 11 is 6.84. The first kappa shape index (κ1) is 15.9. The van der Waals surface area contributed by atoms with Crippen LogP contribution in [0.1, 0.15) is 17.4 Å². The molecule has 0 unspecified atom stereocenters. The largest absolute Gasteiger partial charge is 0.493 e. The van der Waals surface area contributed by atoms with Crippen LogP contribution in [0.2, 0.25) is 0 Å². The van der Waals surface area contributed by atoms with E-state index in [0.29, 0.717) is 14.7 Å². The Hall–Kier alpha value is -2.57. The minimum Gasteiger partial charge on any atom is -0.493 e. The van der Waals surface area contributed by atoms with Crippen LogP contribution in [0.3, 0.4) is 0 Å². The molecular formula is C19H15N3OS2. The molecule has 3 aromatic rings. The van der Waals surface area contributed by atoms with Gasteiger partial charge in [0, 0.05) is 6.08 Å². The highest BCUT2D eigenvalue weighted by Gasteiger charge is 2.15. The summed E-state index contributed by atoms with van der Waals surface area (Å²) in [5, 5.41) is 12.4. The number of hydrogen-bond acceptors (Lipinski definition) is 5. The number of nitrogens with zero attached hydrogens (tertiary/aromatic N) is 3. The number of hydrogen-bond donors (Lipinski definition) is 1. The van der Waals surface area contributed by atoms with Crippen molar-refractivity contribution in [2.24, 2.45) is 9.98 Å². The summed E-state index contributed by atoms with van der Waals surface area (Å²) in [6, 6.07) is 15.7. The van der Waals surface area contributed by atoms with E-state index in [4.69, 9.17) is 12.2 Å². The minimum absolute atomic E-state index is 0.129. The fraction of sp³-hybridized carbons (Fsp3) is 0.105. The number of para-hydroxylation sites is 3. The van der Waals surface area contributed by atoms with Crippen molar-refractivity contribution in [1.29, 1.82) is 0 Å². The molecule has 4 rings (SSSR count). The van der Waals surface area contributed by atoms with E-state index in [0.717, 1.165) is 28.4 Å². The van der Waals surface area contributed by atoms with Gasteiger partial charge < -0.3 is 5.11 Å². The number of rotatable bonds is 3. The summed E-state index contributed by atoms with van der Waals surface area (Å²) in [6.07, 6.45) is 2.64. The van der Waals surface area contributed by atoms with Crippen LogP contribution in [0.15, 0.2) is 64.3 Å². The van der Waals surface area contributed by atoms with Crippen LogP contribution in [0.4, 0.5) is 0 Å². The second-order valence-electron chi connectivity index (χ2n) is 5.59. The third-order valence-corrected chi connectivity index (χ3v) is 5.35. The van der Waals surface area contributed by atoms with Gasteiger partial charge in [0.25, 0.3) is 0 Å². The van der Waals surface area contributed by atoms with Gasteiger partial charge in [-0.15, -0.1) is 11.3 Å². The van der Waals surface area contributed by atoms with E-state index in [9.17, 15) is 5.11 Å². The van der Waals surface area contributed by atoms with Crippen LogP contribution in [-0.4, -0.2) is 9.67 Å². The number of thiazole rings is 1. The summed E-state index contributed by atoms with van der Waals surface area (Å²) in [7, 11) is 0. The lowest BCUT2D eigenvalue weighted by Gasteiger charge is -2.09. The molecule has 0 fully saturated rings. The minimum atomic E-state index is 0.129. The Balaban J connectivity index is 1.83. The molecule has 4 nitrogen and oxygen atoms in total. The first-order valence-electron chi connectivity index (χ1n) is 7.94. The van der Waals surface area contributed by atoms with Crippen molar-refractivity contribution in [3.8, 4) is 11.6 Å². The van der Waals surface area contributed by atoms with Gasteiger partial charge in [0.1, 0.15) is 0 Å². The summed E-state index contributed by atoms with van der Waals surface area (Å²) in [5.41, 5.74) is 2.05. The van der Waals surface area contributed by atoms with Crippen LogP contribution in [0.5, 0.6) is 5.88 Å². The molecule has 2 heterocycles. The van der Waals surface area contributed by atoms with E-state index < -0.39 is 0 Å². The molecule has 1 aliphatic rings. The van der Waals surface area contributed by atoms with Crippen molar-refractivity contribution in [3.63, 3.8) is 0 Å². The Morgan fingerprint density at radius 2 is 1.72 bits per heavy atom. The second-order valence-corrected chi connectivity index (χ2v) is 7.26. The van der Waals surface area contributed by atoms with Gasteiger partial charge in [0.05, 0.1) is 21.3 Å². The van der Waals surface area contributed by atoms with Gasteiger partial charge >= 0.3 is 0 Å². The molecule has 0 radical (unpaired) electrons. The SMILES string of the molecule is CCc1ccccc1-n1c(O)c(C=C2N=c3ccccc3=N2)sc1=S. The summed E-state index contributed by atoms with van der Waals surface area (Å²) in [5.74, 6) is 0.702. The lowest BCUT2D eigenvalue weighted by atomic mass is 10.1. The average Bonchev–Trinajstić information content (AvgIpc) is 3.15. The zero-order chi connectivity index (χ0) is 17.4. The van der Waals surface area contributed by atoms with Crippen molar-refractivity contribution in [2.45, 2.75) is 13.3 Å². The molecule has 124 valence electrons. The molecular weight excluding hydrogens is 350 g/mol. The van der Waals surface area contributed by atoms with Crippen LogP contribution in [-0.2, 0) is 6.42 Å². The lowest BCUT2D eigenvalue weighted by Crippen LogP contribution is -2.19. The lowest BCUT2D eigenvalue weighted by molar-refractivity contribution is 0.440. The quantitative estimate of drug-likeness (QED) is 0.718. The van der Waals surface area contributed by atoms with E-state index in [2.05, 4.69) is 16.9 Å². The number of aromatic nitrogens is 1. The molecule has 0 spiro atoms. The Bertz CT molecular complexity index is 1130. The van der Waals surface area contributed by atoms with Gasteiger partial charge in [-0.2, -0.15) is 0 Å². The first-order valence-corrected chi connectivity index (χ1v) is 9.17. The fourth-order valence-corrected chi connectivity index (χ4v) is 4.09. The Morgan fingerprint density at radius 3 is 2.40 bits per heavy atom. The third kappa shape index (κ3) is 2.83. The van der Waals surface area contributed by atoms with Crippen molar-refractivity contribution in [1.82, 2.24) is 4.57 Å². The highest BCUT2D eigenvalue weighted by Crippen LogP contribution is 2.33. The highest BCUT2D eigenvalue weighted by molar-refractivity contribution is 7.73. The van der Waals surface area contributed by atoms with Gasteiger partial charge in [0.15, 0.2) is 9.78 Å². The van der Waals surface area contributed by atoms with Gasteiger partial charge in [-0.05, 0) is 42.4 Å². The fourth-order valence-electron chi connectivity index (χ4n) is 2.82. The third-order valence-electron chi connectivity index (χ3n) is 4.04.